The van der Waals surface area contributed by atoms with Crippen LogP contribution < -0.4 is 10.2 Å². The summed E-state index contributed by atoms with van der Waals surface area (Å²) in [6.07, 6.45) is 6.52. The molecule has 1 heterocycles. The lowest BCUT2D eigenvalue weighted by atomic mass is 9.96. The number of aromatic nitrogens is 2. The highest BCUT2D eigenvalue weighted by Crippen LogP contribution is 2.21. The van der Waals surface area contributed by atoms with E-state index in [1.54, 1.807) is 0 Å². The van der Waals surface area contributed by atoms with E-state index < -0.39 is 0 Å². The minimum Gasteiger partial charge on any atom is -0.357 e. The molecular formula is C15H26N4. The molecule has 0 amide bonds. The molecule has 0 unspecified atom stereocenters. The first-order valence-electron chi connectivity index (χ1n) is 7.60. The second-order valence-corrected chi connectivity index (χ2v) is 5.34. The number of hydrogen-bond acceptors (Lipinski definition) is 4. The van der Waals surface area contributed by atoms with Crippen molar-refractivity contribution in [3.8, 4) is 0 Å². The molecular weight excluding hydrogens is 236 g/mol. The summed E-state index contributed by atoms with van der Waals surface area (Å²) in [5, 5.41) is 3.52. The predicted octanol–water partition coefficient (Wildman–Crippen LogP) is 3.38. The van der Waals surface area contributed by atoms with Gasteiger partial charge in [0.1, 0.15) is 5.82 Å². The summed E-state index contributed by atoms with van der Waals surface area (Å²) in [6.45, 7) is 8.33. The zero-order valence-corrected chi connectivity index (χ0v) is 12.4. The normalized spacial score (nSPS) is 16.4. The number of anilines is 2. The van der Waals surface area contributed by atoms with Gasteiger partial charge in [-0.05, 0) is 33.6 Å². The van der Waals surface area contributed by atoms with E-state index in [-0.39, 0.29) is 0 Å². The monoisotopic (exact) mass is 262 g/mol. The summed E-state index contributed by atoms with van der Waals surface area (Å²) in [5.74, 6) is 1.84. The highest BCUT2D eigenvalue weighted by atomic mass is 15.2. The Labute approximate surface area is 116 Å². The van der Waals surface area contributed by atoms with Crippen molar-refractivity contribution in [1.82, 2.24) is 9.97 Å². The van der Waals surface area contributed by atoms with Crippen molar-refractivity contribution in [3.05, 3.63) is 11.8 Å². The molecule has 0 saturated heterocycles. The van der Waals surface area contributed by atoms with E-state index in [1.165, 1.54) is 32.1 Å². The lowest BCUT2D eigenvalue weighted by molar-refractivity contribution is 0.460. The molecule has 1 aliphatic rings. The molecule has 0 atom stereocenters. The molecule has 106 valence electrons. The summed E-state index contributed by atoms with van der Waals surface area (Å²) in [6, 6.07) is 2.62. The van der Waals surface area contributed by atoms with Crippen LogP contribution in [0.15, 0.2) is 6.07 Å². The minimum absolute atomic E-state index is 0.556. The van der Waals surface area contributed by atoms with Crippen LogP contribution in [0.3, 0.4) is 0 Å². The molecule has 0 spiro atoms. The molecule has 1 aromatic rings. The van der Waals surface area contributed by atoms with Gasteiger partial charge in [0.2, 0.25) is 5.95 Å². The standard InChI is InChI=1S/C15H26N4/c1-4-19(5-2)14-11-12(3)16-15(18-14)17-13-9-7-6-8-10-13/h11,13H,4-10H2,1-3H3,(H,16,17,18). The van der Waals surface area contributed by atoms with Gasteiger partial charge in [0.05, 0.1) is 0 Å². The average molecular weight is 262 g/mol. The fourth-order valence-corrected chi connectivity index (χ4v) is 2.76. The number of aryl methyl sites for hydroxylation is 1. The van der Waals surface area contributed by atoms with Crippen molar-refractivity contribution in [2.24, 2.45) is 0 Å². The topological polar surface area (TPSA) is 41.1 Å². The van der Waals surface area contributed by atoms with Crippen molar-refractivity contribution in [1.29, 1.82) is 0 Å². The number of hydrogen-bond donors (Lipinski definition) is 1. The fourth-order valence-electron chi connectivity index (χ4n) is 2.76. The van der Waals surface area contributed by atoms with E-state index in [0.29, 0.717) is 6.04 Å². The first-order chi connectivity index (χ1) is 9.22. The molecule has 1 aliphatic carbocycles. The quantitative estimate of drug-likeness (QED) is 0.883. The second-order valence-electron chi connectivity index (χ2n) is 5.34. The van der Waals surface area contributed by atoms with Gasteiger partial charge in [-0.15, -0.1) is 0 Å². The molecule has 0 aromatic carbocycles. The molecule has 1 fully saturated rings. The Bertz CT molecular complexity index is 395. The van der Waals surface area contributed by atoms with E-state index in [4.69, 9.17) is 0 Å². The molecule has 1 N–H and O–H groups in total. The van der Waals surface area contributed by atoms with Crippen molar-refractivity contribution < 1.29 is 0 Å². The van der Waals surface area contributed by atoms with Crippen molar-refractivity contribution >= 4 is 11.8 Å². The fraction of sp³-hybridized carbons (Fsp3) is 0.733. The van der Waals surface area contributed by atoms with Gasteiger partial charge in [-0.1, -0.05) is 19.3 Å². The molecule has 19 heavy (non-hydrogen) atoms. The van der Waals surface area contributed by atoms with Gasteiger partial charge in [-0.2, -0.15) is 4.98 Å². The van der Waals surface area contributed by atoms with Crippen LogP contribution in [0.4, 0.5) is 11.8 Å². The Morgan fingerprint density at radius 1 is 1.16 bits per heavy atom. The molecule has 0 bridgehead atoms. The van der Waals surface area contributed by atoms with E-state index in [2.05, 4.69) is 40.1 Å². The van der Waals surface area contributed by atoms with E-state index in [0.717, 1.165) is 30.5 Å². The SMILES string of the molecule is CCN(CC)c1cc(C)nc(NC2CCCCC2)n1. The van der Waals surface area contributed by atoms with E-state index >= 15 is 0 Å². The van der Waals surface area contributed by atoms with Gasteiger partial charge in [0, 0.05) is 30.9 Å². The zero-order valence-electron chi connectivity index (χ0n) is 12.4. The number of nitrogens with zero attached hydrogens (tertiary/aromatic N) is 3. The van der Waals surface area contributed by atoms with E-state index in [1.807, 2.05) is 6.92 Å². The van der Waals surface area contributed by atoms with Crippen molar-refractivity contribution in [3.63, 3.8) is 0 Å². The van der Waals surface area contributed by atoms with Gasteiger partial charge >= 0.3 is 0 Å². The van der Waals surface area contributed by atoms with Crippen molar-refractivity contribution in [2.45, 2.75) is 58.9 Å². The lowest BCUT2D eigenvalue weighted by Crippen LogP contribution is -2.26. The predicted molar refractivity (Wildman–Crippen MR) is 80.8 cm³/mol. The molecule has 0 radical (unpaired) electrons. The minimum atomic E-state index is 0.556. The molecule has 1 aromatic heterocycles. The summed E-state index contributed by atoms with van der Waals surface area (Å²) < 4.78 is 0. The summed E-state index contributed by atoms with van der Waals surface area (Å²) in [4.78, 5) is 11.5. The third-order valence-corrected chi connectivity index (χ3v) is 3.87. The van der Waals surface area contributed by atoms with E-state index in [9.17, 15) is 0 Å². The molecule has 0 aliphatic heterocycles. The third-order valence-electron chi connectivity index (χ3n) is 3.87. The Hall–Kier alpha value is -1.32. The zero-order chi connectivity index (χ0) is 13.7. The summed E-state index contributed by atoms with van der Waals surface area (Å²) in [7, 11) is 0. The highest BCUT2D eigenvalue weighted by Gasteiger charge is 2.15. The summed E-state index contributed by atoms with van der Waals surface area (Å²) in [5.41, 5.74) is 1.04. The maximum Gasteiger partial charge on any atom is 0.225 e. The van der Waals surface area contributed by atoms with Crippen LogP contribution in [-0.2, 0) is 0 Å². The Balaban J connectivity index is 2.11. The average Bonchev–Trinajstić information content (AvgIpc) is 2.40. The first-order valence-corrected chi connectivity index (χ1v) is 7.60. The van der Waals surface area contributed by atoms with Gasteiger partial charge in [0.25, 0.3) is 0 Å². The molecule has 4 heteroatoms. The Kier molecular flexibility index (Phi) is 5.00. The van der Waals surface area contributed by atoms with Gasteiger partial charge in [-0.3, -0.25) is 0 Å². The van der Waals surface area contributed by atoms with Crippen LogP contribution in [-0.4, -0.2) is 29.1 Å². The second kappa shape index (κ2) is 6.73. The maximum atomic E-state index is 4.67. The van der Waals surface area contributed by atoms with Crippen LogP contribution >= 0.6 is 0 Å². The number of nitrogens with one attached hydrogen (secondary N) is 1. The van der Waals surface area contributed by atoms with Gasteiger partial charge < -0.3 is 10.2 Å². The number of rotatable bonds is 5. The third kappa shape index (κ3) is 3.82. The highest BCUT2D eigenvalue weighted by molar-refractivity contribution is 5.44. The molecule has 2 rings (SSSR count). The summed E-state index contributed by atoms with van der Waals surface area (Å²) >= 11 is 0. The first kappa shape index (κ1) is 14.1. The van der Waals surface area contributed by atoms with Crippen molar-refractivity contribution in [2.75, 3.05) is 23.3 Å². The van der Waals surface area contributed by atoms with Gasteiger partial charge in [0.15, 0.2) is 0 Å². The maximum absolute atomic E-state index is 4.67. The van der Waals surface area contributed by atoms with Crippen LogP contribution in [0.5, 0.6) is 0 Å². The molecule has 1 saturated carbocycles. The lowest BCUT2D eigenvalue weighted by Gasteiger charge is -2.24. The van der Waals surface area contributed by atoms with Crippen LogP contribution in [0.1, 0.15) is 51.6 Å². The van der Waals surface area contributed by atoms with Crippen LogP contribution in [0.25, 0.3) is 0 Å². The largest absolute Gasteiger partial charge is 0.357 e. The molecule has 4 nitrogen and oxygen atoms in total. The van der Waals surface area contributed by atoms with Gasteiger partial charge in [-0.25, -0.2) is 4.98 Å². The Morgan fingerprint density at radius 2 is 1.84 bits per heavy atom. The Morgan fingerprint density at radius 3 is 2.47 bits per heavy atom. The smallest absolute Gasteiger partial charge is 0.225 e. The van der Waals surface area contributed by atoms with Crippen LogP contribution in [0, 0.1) is 6.92 Å². The van der Waals surface area contributed by atoms with Crippen LogP contribution in [0.2, 0.25) is 0 Å².